The highest BCUT2D eigenvalue weighted by molar-refractivity contribution is 5.73. The summed E-state index contributed by atoms with van der Waals surface area (Å²) in [6.45, 7) is -0.00198. The molecule has 184 valence electrons. The molecule has 0 aromatic rings. The molecule has 0 bridgehead atoms. The Labute approximate surface area is 183 Å². The van der Waals surface area contributed by atoms with E-state index in [4.69, 9.17) is 24.5 Å². The van der Waals surface area contributed by atoms with Crippen LogP contribution in [0.4, 0.5) is 0 Å². The zero-order chi connectivity index (χ0) is 23.8. The summed E-state index contributed by atoms with van der Waals surface area (Å²) >= 11 is 0. The van der Waals surface area contributed by atoms with Crippen molar-refractivity contribution in [3.05, 3.63) is 10.4 Å². The number of carbonyl (C=O) groups excluding carboxylic acids is 1. The van der Waals surface area contributed by atoms with Crippen molar-refractivity contribution in [2.45, 2.75) is 74.7 Å². The molecule has 2 aliphatic rings. The lowest BCUT2D eigenvalue weighted by Crippen LogP contribution is -2.67. The average Bonchev–Trinajstić information content (AvgIpc) is 2.76. The van der Waals surface area contributed by atoms with Crippen LogP contribution in [-0.2, 0) is 23.7 Å². The lowest BCUT2D eigenvalue weighted by Gasteiger charge is -2.47. The number of aliphatic hydroxyl groups is 6. The molecule has 2 fully saturated rings. The molecule has 2 heterocycles. The van der Waals surface area contributed by atoms with Gasteiger partial charge in [0.05, 0.1) is 13.2 Å². The molecule has 2 aliphatic heterocycles. The number of hydrogen-bond acceptors (Lipinski definition) is 12. The van der Waals surface area contributed by atoms with Crippen LogP contribution in [0, 0.1) is 0 Å². The predicted molar refractivity (Wildman–Crippen MR) is 103 cm³/mol. The number of ether oxygens (including phenoxy) is 4. The van der Waals surface area contributed by atoms with E-state index in [-0.39, 0.29) is 13.2 Å². The Morgan fingerprint density at radius 3 is 2.25 bits per heavy atom. The van der Waals surface area contributed by atoms with Crippen molar-refractivity contribution < 1.29 is 54.4 Å². The zero-order valence-electron chi connectivity index (χ0n) is 17.4. The Morgan fingerprint density at radius 1 is 1.03 bits per heavy atom. The Kier molecular flexibility index (Phi) is 10.5. The second kappa shape index (κ2) is 12.6. The normalized spacial score (nSPS) is 39.8. The number of hydrogen-bond donors (Lipinski definition) is 7. The first kappa shape index (κ1) is 26.6. The Bertz CT molecular complexity index is 652. The van der Waals surface area contributed by atoms with Gasteiger partial charge in [-0.3, -0.25) is 4.79 Å². The van der Waals surface area contributed by atoms with E-state index < -0.39 is 80.5 Å². The van der Waals surface area contributed by atoms with Crippen LogP contribution in [-0.4, -0.2) is 124 Å². The van der Waals surface area contributed by atoms with Crippen LogP contribution in [0.1, 0.15) is 13.3 Å². The highest BCUT2D eigenvalue weighted by Crippen LogP contribution is 2.29. The lowest BCUT2D eigenvalue weighted by molar-refractivity contribution is -0.347. The SMILES string of the molecule is CC(=O)N[C@H]1[C@H](O[C@H]2[C@@H](O)[C@@H](CO)O[C@H](OCCCN=[N+]=[N-])[C@@H]2O)O[C@H](CO)[C@H](O)[C@@H]1O. The van der Waals surface area contributed by atoms with Gasteiger partial charge in [-0.1, -0.05) is 5.11 Å². The first-order chi connectivity index (χ1) is 15.2. The number of carbonyl (C=O) groups is 1. The van der Waals surface area contributed by atoms with Gasteiger partial charge in [-0.05, 0) is 12.0 Å². The molecule has 0 radical (unpaired) electrons. The van der Waals surface area contributed by atoms with Crippen LogP contribution in [0.15, 0.2) is 5.11 Å². The molecule has 32 heavy (non-hydrogen) atoms. The van der Waals surface area contributed by atoms with Crippen molar-refractivity contribution in [1.82, 2.24) is 5.32 Å². The van der Waals surface area contributed by atoms with Crippen molar-refractivity contribution in [3.63, 3.8) is 0 Å². The number of nitrogens with zero attached hydrogens (tertiary/aromatic N) is 3. The van der Waals surface area contributed by atoms with Gasteiger partial charge in [0, 0.05) is 25.0 Å². The highest BCUT2D eigenvalue weighted by atomic mass is 16.7. The van der Waals surface area contributed by atoms with Crippen molar-refractivity contribution in [1.29, 1.82) is 0 Å². The molecule has 1 amide bonds. The molecular weight excluding hydrogens is 436 g/mol. The first-order valence-corrected chi connectivity index (χ1v) is 10.0. The number of nitrogens with one attached hydrogen (secondary N) is 1. The third-order valence-electron chi connectivity index (χ3n) is 5.11. The van der Waals surface area contributed by atoms with E-state index in [9.17, 15) is 35.4 Å². The van der Waals surface area contributed by atoms with Crippen LogP contribution < -0.4 is 5.32 Å². The number of amides is 1. The Morgan fingerprint density at radius 2 is 1.66 bits per heavy atom. The monoisotopic (exact) mass is 466 g/mol. The molecular formula is C17H30N4O11. The fourth-order valence-electron chi connectivity index (χ4n) is 3.47. The smallest absolute Gasteiger partial charge is 0.217 e. The third kappa shape index (κ3) is 6.46. The lowest BCUT2D eigenvalue weighted by atomic mass is 9.95. The summed E-state index contributed by atoms with van der Waals surface area (Å²) in [5.74, 6) is -0.580. The van der Waals surface area contributed by atoms with Gasteiger partial charge in [-0.2, -0.15) is 0 Å². The molecule has 2 saturated heterocycles. The molecule has 0 saturated carbocycles. The van der Waals surface area contributed by atoms with Gasteiger partial charge in [-0.15, -0.1) is 0 Å². The van der Waals surface area contributed by atoms with Crippen LogP contribution in [0.25, 0.3) is 10.4 Å². The van der Waals surface area contributed by atoms with Crippen molar-refractivity contribution in [3.8, 4) is 0 Å². The van der Waals surface area contributed by atoms with Gasteiger partial charge in [0.25, 0.3) is 0 Å². The van der Waals surface area contributed by atoms with Gasteiger partial charge in [0.2, 0.25) is 5.91 Å². The minimum atomic E-state index is -1.59. The molecule has 0 unspecified atom stereocenters. The fraction of sp³-hybridized carbons (Fsp3) is 0.941. The average molecular weight is 466 g/mol. The number of rotatable bonds is 10. The van der Waals surface area contributed by atoms with Crippen LogP contribution in [0.3, 0.4) is 0 Å². The molecule has 2 rings (SSSR count). The third-order valence-corrected chi connectivity index (χ3v) is 5.11. The fourth-order valence-corrected chi connectivity index (χ4v) is 3.47. The molecule has 0 aromatic heterocycles. The minimum absolute atomic E-state index is 0.0215. The van der Waals surface area contributed by atoms with E-state index >= 15 is 0 Å². The molecule has 7 N–H and O–H groups in total. The van der Waals surface area contributed by atoms with Gasteiger partial charge in [-0.25, -0.2) is 0 Å². The van der Waals surface area contributed by atoms with Gasteiger partial charge in [0.1, 0.15) is 48.8 Å². The highest BCUT2D eigenvalue weighted by Gasteiger charge is 2.51. The zero-order valence-corrected chi connectivity index (χ0v) is 17.4. The van der Waals surface area contributed by atoms with Crippen molar-refractivity contribution in [2.24, 2.45) is 5.11 Å². The van der Waals surface area contributed by atoms with Crippen LogP contribution >= 0.6 is 0 Å². The first-order valence-electron chi connectivity index (χ1n) is 10.0. The number of azide groups is 1. The summed E-state index contributed by atoms with van der Waals surface area (Å²) < 4.78 is 21.9. The van der Waals surface area contributed by atoms with Crippen LogP contribution in [0.5, 0.6) is 0 Å². The maximum Gasteiger partial charge on any atom is 0.217 e. The molecule has 0 spiro atoms. The van der Waals surface area contributed by atoms with Crippen LogP contribution in [0.2, 0.25) is 0 Å². The largest absolute Gasteiger partial charge is 0.394 e. The second-order valence-electron chi connectivity index (χ2n) is 7.42. The quantitative estimate of drug-likeness (QED) is 0.0720. The standard InChI is InChI=1S/C17H30N4O11/c1-7(24)20-10-13(27)11(25)8(5-22)30-16(10)32-15-12(26)9(6-23)31-17(14(15)28)29-4-2-3-19-21-18/h8-17,22-23,25-28H,2-6H2,1H3,(H,20,24)/t8-,9-,10-,11+,12+,13-,14-,15+,16+,17+/m1/s1. The topological polar surface area (TPSA) is 236 Å². The van der Waals surface area contributed by atoms with Gasteiger partial charge >= 0.3 is 0 Å². The minimum Gasteiger partial charge on any atom is -0.394 e. The summed E-state index contributed by atoms with van der Waals surface area (Å²) in [6, 6.07) is -1.30. The van der Waals surface area contributed by atoms with E-state index in [1.165, 1.54) is 0 Å². The van der Waals surface area contributed by atoms with E-state index in [0.717, 1.165) is 6.92 Å². The van der Waals surface area contributed by atoms with E-state index in [1.807, 2.05) is 0 Å². The Balaban J connectivity index is 2.17. The summed E-state index contributed by atoms with van der Waals surface area (Å²) in [4.78, 5) is 14.2. The van der Waals surface area contributed by atoms with Crippen molar-refractivity contribution in [2.75, 3.05) is 26.4 Å². The molecule has 0 aromatic carbocycles. The van der Waals surface area contributed by atoms with Gasteiger partial charge in [0.15, 0.2) is 12.6 Å². The maximum absolute atomic E-state index is 11.6. The van der Waals surface area contributed by atoms with E-state index in [1.54, 1.807) is 0 Å². The molecule has 10 atom stereocenters. The molecule has 15 heteroatoms. The van der Waals surface area contributed by atoms with E-state index in [0.29, 0.717) is 6.42 Å². The molecule has 15 nitrogen and oxygen atoms in total. The summed E-state index contributed by atoms with van der Waals surface area (Å²) in [5.41, 5.74) is 8.28. The van der Waals surface area contributed by atoms with Crippen molar-refractivity contribution >= 4 is 5.91 Å². The molecule has 0 aliphatic carbocycles. The number of aliphatic hydroxyl groups excluding tert-OH is 6. The van der Waals surface area contributed by atoms with E-state index in [2.05, 4.69) is 15.3 Å². The Hall–Kier alpha value is -1.62. The summed E-state index contributed by atoms with van der Waals surface area (Å²) in [7, 11) is 0. The summed E-state index contributed by atoms with van der Waals surface area (Å²) in [5, 5.41) is 66.3. The van der Waals surface area contributed by atoms with Gasteiger partial charge < -0.3 is 54.9 Å². The summed E-state index contributed by atoms with van der Waals surface area (Å²) in [6.07, 6.45) is -12.7. The second-order valence-corrected chi connectivity index (χ2v) is 7.42. The maximum atomic E-state index is 11.6. The predicted octanol–water partition coefficient (Wildman–Crippen LogP) is -3.53.